The van der Waals surface area contributed by atoms with E-state index < -0.39 is 11.7 Å². The van der Waals surface area contributed by atoms with Crippen molar-refractivity contribution in [1.29, 1.82) is 0 Å². The molecule has 2 amide bonds. The van der Waals surface area contributed by atoms with Crippen LogP contribution in [0.25, 0.3) is 0 Å². The smallest absolute Gasteiger partial charge is 0.239 e. The highest BCUT2D eigenvalue weighted by Crippen LogP contribution is 2.27. The maximum Gasteiger partial charge on any atom is 0.239 e. The lowest BCUT2D eigenvalue weighted by atomic mass is 10.1. The van der Waals surface area contributed by atoms with Crippen LogP contribution in [0.5, 0.6) is 11.5 Å². The highest BCUT2D eigenvalue weighted by Gasteiger charge is 2.09. The van der Waals surface area contributed by atoms with Gasteiger partial charge in [-0.1, -0.05) is 24.3 Å². The Bertz CT molecular complexity index is 795. The summed E-state index contributed by atoms with van der Waals surface area (Å²) in [5.74, 6) is 0.115. The Hall–Kier alpha value is -3.09. The third-order valence-corrected chi connectivity index (χ3v) is 3.94. The van der Waals surface area contributed by atoms with Crippen LogP contribution in [0.4, 0.5) is 4.39 Å². The topological polar surface area (TPSA) is 76.7 Å². The number of ether oxygens (including phenoxy) is 2. The largest absolute Gasteiger partial charge is 0.493 e. The zero-order valence-electron chi connectivity index (χ0n) is 15.4. The average molecular weight is 374 g/mol. The highest BCUT2D eigenvalue weighted by molar-refractivity contribution is 5.85. The van der Waals surface area contributed by atoms with Crippen LogP contribution in [0.2, 0.25) is 0 Å². The molecular weight excluding hydrogens is 351 g/mol. The number of nitrogens with one attached hydrogen (secondary N) is 2. The first-order valence-corrected chi connectivity index (χ1v) is 8.51. The van der Waals surface area contributed by atoms with Crippen molar-refractivity contribution in [3.63, 3.8) is 0 Å². The minimum Gasteiger partial charge on any atom is -0.493 e. The summed E-state index contributed by atoms with van der Waals surface area (Å²) in [7, 11) is 3.13. The number of rotatable bonds is 9. The summed E-state index contributed by atoms with van der Waals surface area (Å²) < 4.78 is 23.9. The van der Waals surface area contributed by atoms with E-state index >= 15 is 0 Å². The van der Waals surface area contributed by atoms with Gasteiger partial charge in [-0.2, -0.15) is 0 Å². The minimum absolute atomic E-state index is 0.106. The van der Waals surface area contributed by atoms with Gasteiger partial charge in [0.2, 0.25) is 11.8 Å². The van der Waals surface area contributed by atoms with Crippen molar-refractivity contribution in [2.45, 2.75) is 12.8 Å². The SMILES string of the molecule is COc1ccc(CCNC(=O)CNC(=O)Cc2ccccc2F)cc1OC. The minimum atomic E-state index is -0.438. The van der Waals surface area contributed by atoms with E-state index in [0.717, 1.165) is 5.56 Å². The standard InChI is InChI=1S/C20H23FN2O4/c1-26-17-8-7-14(11-18(17)27-2)9-10-22-20(25)13-23-19(24)12-15-5-3-4-6-16(15)21/h3-8,11H,9-10,12-13H2,1-2H3,(H,22,25)(H,23,24). The Labute approximate surface area is 157 Å². The van der Waals surface area contributed by atoms with Crippen molar-refractivity contribution in [3.8, 4) is 11.5 Å². The van der Waals surface area contributed by atoms with Gasteiger partial charge in [-0.25, -0.2) is 4.39 Å². The van der Waals surface area contributed by atoms with Crippen LogP contribution in [0.3, 0.4) is 0 Å². The fourth-order valence-corrected chi connectivity index (χ4v) is 2.50. The van der Waals surface area contributed by atoms with Crippen molar-refractivity contribution < 1.29 is 23.5 Å². The molecule has 0 unspecified atom stereocenters. The van der Waals surface area contributed by atoms with Crippen molar-refractivity contribution in [1.82, 2.24) is 10.6 Å². The quantitative estimate of drug-likeness (QED) is 0.703. The Morgan fingerprint density at radius 3 is 2.41 bits per heavy atom. The van der Waals surface area contributed by atoms with Gasteiger partial charge in [0, 0.05) is 6.54 Å². The number of hydrogen-bond acceptors (Lipinski definition) is 4. The van der Waals surface area contributed by atoms with E-state index in [-0.39, 0.29) is 18.9 Å². The molecule has 0 aliphatic carbocycles. The van der Waals surface area contributed by atoms with Crippen molar-refractivity contribution in [2.24, 2.45) is 0 Å². The summed E-state index contributed by atoms with van der Waals surface area (Å²) in [4.78, 5) is 23.6. The van der Waals surface area contributed by atoms with Crippen LogP contribution in [0.1, 0.15) is 11.1 Å². The third-order valence-electron chi connectivity index (χ3n) is 3.94. The zero-order valence-corrected chi connectivity index (χ0v) is 15.4. The molecule has 2 rings (SSSR count). The van der Waals surface area contributed by atoms with E-state index in [4.69, 9.17) is 9.47 Å². The summed E-state index contributed by atoms with van der Waals surface area (Å²) in [5.41, 5.74) is 1.28. The first kappa shape index (κ1) is 20.2. The van der Waals surface area contributed by atoms with Crippen molar-refractivity contribution >= 4 is 11.8 Å². The number of methoxy groups -OCH3 is 2. The van der Waals surface area contributed by atoms with Crippen LogP contribution in [0, 0.1) is 5.82 Å². The molecular formula is C20H23FN2O4. The van der Waals surface area contributed by atoms with E-state index in [1.165, 1.54) is 12.1 Å². The zero-order chi connectivity index (χ0) is 19.6. The lowest BCUT2D eigenvalue weighted by Gasteiger charge is -2.10. The van der Waals surface area contributed by atoms with Crippen molar-refractivity contribution in [2.75, 3.05) is 27.3 Å². The summed E-state index contributed by atoms with van der Waals surface area (Å²) in [6.07, 6.45) is 0.501. The number of carbonyl (C=O) groups is 2. The molecule has 0 aliphatic rings. The normalized spacial score (nSPS) is 10.2. The number of halogens is 1. The van der Waals surface area contributed by atoms with E-state index in [2.05, 4.69) is 10.6 Å². The summed E-state index contributed by atoms with van der Waals surface area (Å²) in [6.45, 7) is 0.261. The van der Waals surface area contributed by atoms with Crippen molar-refractivity contribution in [3.05, 3.63) is 59.4 Å². The molecule has 6 nitrogen and oxygen atoms in total. The lowest BCUT2D eigenvalue weighted by molar-refractivity contribution is -0.125. The molecule has 0 aliphatic heterocycles. The number of carbonyl (C=O) groups excluding carboxylic acids is 2. The predicted molar refractivity (Wildman–Crippen MR) is 99.4 cm³/mol. The summed E-state index contributed by atoms with van der Waals surface area (Å²) in [6, 6.07) is 11.6. The molecule has 0 fully saturated rings. The fraction of sp³-hybridized carbons (Fsp3) is 0.300. The number of benzene rings is 2. The highest BCUT2D eigenvalue weighted by atomic mass is 19.1. The second kappa shape index (κ2) is 10.2. The molecule has 144 valence electrons. The van der Waals surface area contributed by atoms with Gasteiger partial charge >= 0.3 is 0 Å². The Kier molecular flexibility index (Phi) is 7.61. The Morgan fingerprint density at radius 2 is 1.70 bits per heavy atom. The maximum atomic E-state index is 13.5. The summed E-state index contributed by atoms with van der Waals surface area (Å²) >= 11 is 0. The molecule has 0 radical (unpaired) electrons. The van der Waals surface area contributed by atoms with Gasteiger partial charge < -0.3 is 20.1 Å². The second-order valence-corrected chi connectivity index (χ2v) is 5.83. The molecule has 27 heavy (non-hydrogen) atoms. The second-order valence-electron chi connectivity index (χ2n) is 5.83. The molecule has 0 aromatic heterocycles. The van der Waals surface area contributed by atoms with Gasteiger partial charge in [-0.15, -0.1) is 0 Å². The van der Waals surface area contributed by atoms with Gasteiger partial charge in [0.25, 0.3) is 0 Å². The van der Waals surface area contributed by atoms with Gasteiger partial charge in [-0.3, -0.25) is 9.59 Å². The average Bonchev–Trinajstić information content (AvgIpc) is 2.68. The molecule has 0 saturated heterocycles. The van der Waals surface area contributed by atoms with Gasteiger partial charge in [-0.05, 0) is 35.7 Å². The lowest BCUT2D eigenvalue weighted by Crippen LogP contribution is -2.38. The molecule has 0 spiro atoms. The summed E-state index contributed by atoms with van der Waals surface area (Å²) in [5, 5.41) is 5.21. The first-order chi connectivity index (χ1) is 13.0. The van der Waals surface area contributed by atoms with Crippen LogP contribution in [-0.4, -0.2) is 39.1 Å². The first-order valence-electron chi connectivity index (χ1n) is 8.51. The van der Waals surface area contributed by atoms with Crippen LogP contribution in [0.15, 0.2) is 42.5 Å². The fourth-order valence-electron chi connectivity index (χ4n) is 2.50. The van der Waals surface area contributed by atoms with Gasteiger partial charge in [0.1, 0.15) is 5.82 Å². The molecule has 0 heterocycles. The van der Waals surface area contributed by atoms with Crippen LogP contribution in [-0.2, 0) is 22.4 Å². The molecule has 2 N–H and O–H groups in total. The molecule has 0 atom stereocenters. The molecule has 7 heteroatoms. The van der Waals surface area contributed by atoms with Gasteiger partial charge in [0.05, 0.1) is 27.2 Å². The molecule has 0 saturated carbocycles. The number of hydrogen-bond donors (Lipinski definition) is 2. The monoisotopic (exact) mass is 374 g/mol. The molecule has 2 aromatic carbocycles. The number of amides is 2. The van der Waals surface area contributed by atoms with E-state index in [9.17, 15) is 14.0 Å². The maximum absolute atomic E-state index is 13.5. The van der Waals surface area contributed by atoms with Gasteiger partial charge in [0.15, 0.2) is 11.5 Å². The molecule has 2 aromatic rings. The van der Waals surface area contributed by atoms with E-state index in [1.54, 1.807) is 32.4 Å². The predicted octanol–water partition coefficient (Wildman–Crippen LogP) is 1.86. The Morgan fingerprint density at radius 1 is 0.963 bits per heavy atom. The third kappa shape index (κ3) is 6.29. The van der Waals surface area contributed by atoms with Crippen LogP contribution >= 0.6 is 0 Å². The van der Waals surface area contributed by atoms with Crippen LogP contribution < -0.4 is 20.1 Å². The van der Waals surface area contributed by atoms with E-state index in [0.29, 0.717) is 30.0 Å². The molecule has 0 bridgehead atoms. The Balaban J connectivity index is 1.72. The van der Waals surface area contributed by atoms with E-state index in [1.807, 2.05) is 12.1 Å².